The number of aromatic carboxylic acids is 1. The number of rotatable bonds is 25. The van der Waals surface area contributed by atoms with E-state index >= 15 is 0 Å². The van der Waals surface area contributed by atoms with Crippen molar-refractivity contribution in [3.63, 3.8) is 0 Å². The number of hydrogen-bond donors (Lipinski definition) is 7. The summed E-state index contributed by atoms with van der Waals surface area (Å²) >= 11 is 0. The van der Waals surface area contributed by atoms with Crippen LogP contribution in [0.1, 0.15) is 100 Å². The van der Waals surface area contributed by atoms with Gasteiger partial charge in [0.05, 0.1) is 47.5 Å². The fourth-order valence-electron chi connectivity index (χ4n) is 14.2. The molecule has 0 bridgehead atoms. The fourth-order valence-corrected chi connectivity index (χ4v) is 15.1. The molecule has 33 nitrogen and oxygen atoms in total. The Bertz CT molecular complexity index is 5760. The molecule has 4 aromatic heterocycles. The Morgan fingerprint density at radius 2 is 0.638 bits per heavy atom. The van der Waals surface area contributed by atoms with Gasteiger partial charge in [-0.1, -0.05) is 54.6 Å². The first-order valence-electron chi connectivity index (χ1n) is 42.6. The average Bonchev–Trinajstić information content (AvgIpc) is 0.810. The SMILES string of the molecule is CN1CCN(c2ccc(C(=O)Cc3cc(-c4ccc(O)cc4)ccc3NC(=O)OC(C)(C)C)nc2)CC1.CN1CCN(c2ccc(C(=O)O)nc2)CC1.CNS(=O)(=O)Oc1ccc(-c2ccc(N)c(CC(=O)c3ccc(N4CCN(C)CC4)cn3)c2)cc1.CNS(=O)(=O)Oc1ccc(-c2ccc(NC(=O)OC(C)(C)C)c(CC(=O)c3ccc(N4CCN(C)CC4)cn3)c2)cc1. The Morgan fingerprint density at radius 1 is 0.369 bits per heavy atom. The molecule has 4 aliphatic heterocycles. The van der Waals surface area contributed by atoms with E-state index in [4.69, 9.17) is 28.7 Å². The van der Waals surface area contributed by atoms with Crippen molar-refractivity contribution >= 4 is 95.9 Å². The maximum absolute atomic E-state index is 13.4. The predicted octanol–water partition coefficient (Wildman–Crippen LogP) is 12.0. The van der Waals surface area contributed by atoms with Crippen LogP contribution in [0.25, 0.3) is 33.4 Å². The van der Waals surface area contributed by atoms with Crippen LogP contribution in [0.5, 0.6) is 17.2 Å². The highest BCUT2D eigenvalue weighted by Crippen LogP contribution is 2.34. The number of nitrogens with zero attached hydrogens (tertiary/aromatic N) is 12. The quantitative estimate of drug-likeness (QED) is 0.0206. The third kappa shape index (κ3) is 29.3. The number of carboxylic acid groups (broad SMARTS) is 1. The number of ketones is 3. The van der Waals surface area contributed by atoms with Crippen molar-refractivity contribution in [3.05, 3.63) is 240 Å². The number of nitrogen functional groups attached to an aromatic ring is 1. The molecule has 0 unspecified atom stereocenters. The highest BCUT2D eigenvalue weighted by atomic mass is 32.2. The lowest BCUT2D eigenvalue weighted by molar-refractivity contribution is 0.0624. The molecule has 6 aromatic carbocycles. The fraction of sp³-hybridized carbons (Fsp3) is 0.347. The van der Waals surface area contributed by atoms with Crippen molar-refractivity contribution in [2.75, 3.05) is 183 Å². The topological polar surface area (TPSA) is 400 Å². The minimum atomic E-state index is -3.89. The van der Waals surface area contributed by atoms with E-state index in [9.17, 15) is 50.7 Å². The number of amides is 2. The van der Waals surface area contributed by atoms with Gasteiger partial charge in [0.1, 0.15) is 51.2 Å². The number of aromatic nitrogens is 4. The molecule has 130 heavy (non-hydrogen) atoms. The molecular weight excluding hydrogens is 1700 g/mol. The van der Waals surface area contributed by atoms with Crippen LogP contribution >= 0.6 is 0 Å². The van der Waals surface area contributed by atoms with Crippen molar-refractivity contribution < 1.29 is 73.7 Å². The summed E-state index contributed by atoms with van der Waals surface area (Å²) in [7, 11) is 3.24. The Balaban J connectivity index is 0.000000174. The lowest BCUT2D eigenvalue weighted by Gasteiger charge is -2.33. The number of nitrogens with two attached hydrogens (primary N) is 1. The van der Waals surface area contributed by atoms with Crippen LogP contribution in [0.4, 0.5) is 49.4 Å². The van der Waals surface area contributed by atoms with Crippen LogP contribution in [0.15, 0.2) is 201 Å². The third-order valence-corrected chi connectivity index (χ3v) is 23.5. The van der Waals surface area contributed by atoms with Gasteiger partial charge in [-0.3, -0.25) is 40.0 Å². The monoisotopic (exact) mass is 1810 g/mol. The third-order valence-electron chi connectivity index (χ3n) is 21.7. The smallest absolute Gasteiger partial charge is 0.412 e. The van der Waals surface area contributed by atoms with Gasteiger partial charge in [-0.2, -0.15) is 26.3 Å². The van der Waals surface area contributed by atoms with Gasteiger partial charge in [0.15, 0.2) is 17.3 Å². The second-order valence-corrected chi connectivity index (χ2v) is 36.8. The van der Waals surface area contributed by atoms with Gasteiger partial charge in [-0.25, -0.2) is 19.4 Å². The summed E-state index contributed by atoms with van der Waals surface area (Å²) in [6.07, 6.45) is 5.82. The van der Waals surface area contributed by atoms with E-state index in [0.29, 0.717) is 50.8 Å². The average molecular weight is 1820 g/mol. The Kier molecular flexibility index (Phi) is 33.3. The number of benzene rings is 6. The van der Waals surface area contributed by atoms with Gasteiger partial charge < -0.3 is 73.0 Å². The van der Waals surface area contributed by atoms with E-state index in [1.54, 1.807) is 176 Å². The van der Waals surface area contributed by atoms with Crippen molar-refractivity contribution in [1.82, 2.24) is 49.0 Å². The molecule has 0 radical (unpaired) electrons. The number of Topliss-reactive ketones (excluding diaryl/α,β-unsaturated/α-hetero) is 3. The van der Waals surface area contributed by atoms with Crippen molar-refractivity contribution in [3.8, 4) is 50.6 Å². The summed E-state index contributed by atoms with van der Waals surface area (Å²) in [6, 6.07) is 50.7. The molecule has 4 fully saturated rings. The molecule has 8 N–H and O–H groups in total. The van der Waals surface area contributed by atoms with Gasteiger partial charge in [0, 0.05) is 155 Å². The van der Waals surface area contributed by atoms with Gasteiger partial charge in [-0.15, -0.1) is 0 Å². The van der Waals surface area contributed by atoms with Gasteiger partial charge >= 0.3 is 38.8 Å². The number of carbonyl (C=O) groups is 6. The first kappa shape index (κ1) is 97.6. The molecular formula is C95H115N17O16S2. The standard InChI is InChI=1S/C30H37N5O6S.C29H34N4O4.C25H29N5O4S.C11H15N3O2/c1-30(2,3)40-29(37)33-26-12-8-22(21-6-10-25(11-7-21)41-42(38,39)31-4)18-23(26)19-28(36)27-13-9-24(20-32-27)35-16-14-34(5)15-17-35;1-29(2,3)37-28(36)31-25-11-7-21(20-5-9-24(34)10-6-20)17-22(25)18-27(35)26-12-8-23(19-30-26)33-15-13-32(4)14-16-33;1-27-35(32,33)34-22-7-3-18(4-8-22)19-5-9-23(26)20(15-19)16-25(31)24-10-6-21(17-28-24)30-13-11-29(2)12-14-30;1-13-4-6-14(7-5-13)9-2-3-10(11(15)16)12-8-9/h6-13,18,20,31H,14-17,19H2,1-5H3,(H,33,37);5-12,17,19,34H,13-16,18H2,1-4H3,(H,31,36);3-10,15,17,27H,11-14,16,26H2,1-2H3;2-3,8H,4-7H2,1H3,(H,15,16). The molecule has 10 aromatic rings. The van der Waals surface area contributed by atoms with Gasteiger partial charge in [0.2, 0.25) is 0 Å². The molecule has 8 heterocycles. The molecule has 4 saturated heterocycles. The van der Waals surface area contributed by atoms with E-state index in [1.807, 2.05) is 54.6 Å². The zero-order valence-corrected chi connectivity index (χ0v) is 77.0. The van der Waals surface area contributed by atoms with Crippen LogP contribution in [0.2, 0.25) is 0 Å². The molecule has 0 atom stereocenters. The molecule has 688 valence electrons. The molecule has 14 rings (SSSR count). The molecule has 0 spiro atoms. The zero-order valence-electron chi connectivity index (χ0n) is 75.4. The minimum absolute atomic E-state index is 0.0125. The number of hydrogen-bond acceptors (Lipinski definition) is 28. The Morgan fingerprint density at radius 3 is 0.915 bits per heavy atom. The van der Waals surface area contributed by atoms with Crippen LogP contribution in [-0.2, 0) is 49.3 Å². The number of pyridine rings is 4. The summed E-state index contributed by atoms with van der Waals surface area (Å²) < 4.78 is 71.4. The van der Waals surface area contributed by atoms with Crippen LogP contribution in [0.3, 0.4) is 0 Å². The number of anilines is 7. The number of carboxylic acids is 1. The number of likely N-dealkylation sites (N-methyl/N-ethyl adjacent to an activating group) is 4. The summed E-state index contributed by atoms with van der Waals surface area (Å²) in [5, 5.41) is 23.9. The highest BCUT2D eigenvalue weighted by molar-refractivity contribution is 7.85. The van der Waals surface area contributed by atoms with E-state index in [0.717, 1.165) is 161 Å². The van der Waals surface area contributed by atoms with E-state index in [-0.39, 0.29) is 59.6 Å². The van der Waals surface area contributed by atoms with E-state index < -0.39 is 50.0 Å². The number of phenolic OH excluding ortho intramolecular Hbond substituents is 1. The maximum Gasteiger partial charge on any atom is 0.412 e. The first-order chi connectivity index (χ1) is 61.8. The van der Waals surface area contributed by atoms with Crippen LogP contribution in [0, 0.1) is 0 Å². The number of phenols is 1. The largest absolute Gasteiger partial charge is 0.508 e. The molecule has 2 amide bonds. The second kappa shape index (κ2) is 44.3. The van der Waals surface area contributed by atoms with Gasteiger partial charge in [-0.05, 0) is 241 Å². The van der Waals surface area contributed by atoms with Crippen LogP contribution < -0.4 is 53.8 Å². The number of ether oxygens (including phenoxy) is 2. The molecule has 35 heteroatoms. The molecule has 0 aliphatic carbocycles. The van der Waals surface area contributed by atoms with Crippen molar-refractivity contribution in [1.29, 1.82) is 0 Å². The Hall–Kier alpha value is -13.0. The summed E-state index contributed by atoms with van der Waals surface area (Å²) in [5.41, 5.74) is 18.3. The first-order valence-corrected chi connectivity index (χ1v) is 45.4. The zero-order chi connectivity index (χ0) is 93.6. The normalized spacial score (nSPS) is 14.8. The van der Waals surface area contributed by atoms with E-state index in [2.05, 4.69) is 107 Å². The van der Waals surface area contributed by atoms with Gasteiger partial charge in [0.25, 0.3) is 0 Å². The summed E-state index contributed by atoms with van der Waals surface area (Å²) in [6.45, 7) is 26.1. The Labute approximate surface area is 760 Å². The van der Waals surface area contributed by atoms with Crippen molar-refractivity contribution in [2.45, 2.75) is 72.0 Å². The summed E-state index contributed by atoms with van der Waals surface area (Å²) in [4.78, 5) is 111. The number of nitrogens with one attached hydrogen (secondary N) is 4. The van der Waals surface area contributed by atoms with Crippen molar-refractivity contribution in [2.24, 2.45) is 0 Å². The lowest BCUT2D eigenvalue weighted by Crippen LogP contribution is -2.44. The lowest BCUT2D eigenvalue weighted by atomic mass is 9.98. The number of carbonyl (C=O) groups excluding carboxylic acids is 5. The maximum atomic E-state index is 13.4. The van der Waals surface area contributed by atoms with Crippen LogP contribution in [-0.4, -0.2) is 260 Å². The number of aromatic hydroxyl groups is 1. The number of piperazine rings is 4. The molecule has 4 aliphatic rings. The predicted molar refractivity (Wildman–Crippen MR) is 505 cm³/mol. The minimum Gasteiger partial charge on any atom is -0.508 e. The highest BCUT2D eigenvalue weighted by Gasteiger charge is 2.26. The molecule has 0 saturated carbocycles. The summed E-state index contributed by atoms with van der Waals surface area (Å²) in [5.74, 6) is -0.929. The second-order valence-electron chi connectivity index (χ2n) is 33.9. The van der Waals surface area contributed by atoms with E-state index in [1.165, 1.54) is 26.2 Å².